The smallest absolute Gasteiger partial charge is 0.255 e. The van der Waals surface area contributed by atoms with Gasteiger partial charge >= 0.3 is 0 Å². The molecule has 2 rings (SSSR count). The van der Waals surface area contributed by atoms with Crippen molar-refractivity contribution in [3.05, 3.63) is 46.7 Å². The number of rotatable bonds is 6. The Balaban J connectivity index is 2.41. The predicted molar refractivity (Wildman–Crippen MR) is 91.3 cm³/mol. The molecule has 0 aliphatic carbocycles. The Morgan fingerprint density at radius 1 is 1.43 bits per heavy atom. The molecule has 1 heterocycles. The highest BCUT2D eigenvalue weighted by molar-refractivity contribution is 6.30. The van der Waals surface area contributed by atoms with Gasteiger partial charge in [0.2, 0.25) is 0 Å². The fourth-order valence-electron chi connectivity index (χ4n) is 2.44. The molecule has 23 heavy (non-hydrogen) atoms. The number of halogens is 1. The second-order valence-corrected chi connectivity index (χ2v) is 6.19. The van der Waals surface area contributed by atoms with Crippen LogP contribution in [-0.4, -0.2) is 33.4 Å². The molecule has 1 aromatic carbocycles. The number of aliphatic hydroxyl groups is 1. The molecule has 0 bridgehead atoms. The predicted octanol–water partition coefficient (Wildman–Crippen LogP) is 3.15. The summed E-state index contributed by atoms with van der Waals surface area (Å²) in [5.41, 5.74) is 2.15. The fourth-order valence-corrected chi connectivity index (χ4v) is 2.63. The molecule has 1 unspecified atom stereocenters. The third-order valence-electron chi connectivity index (χ3n) is 3.70. The highest BCUT2D eigenvalue weighted by atomic mass is 35.5. The Kier molecular flexibility index (Phi) is 5.80. The molecule has 0 fully saturated rings. The summed E-state index contributed by atoms with van der Waals surface area (Å²) in [7, 11) is 0. The minimum Gasteiger partial charge on any atom is -0.394 e. The van der Waals surface area contributed by atoms with Crippen molar-refractivity contribution in [1.29, 1.82) is 0 Å². The second-order valence-electron chi connectivity index (χ2n) is 5.75. The maximum absolute atomic E-state index is 12.5. The molecule has 1 amide bonds. The Labute approximate surface area is 141 Å². The Bertz CT molecular complexity index is 678. The molecule has 1 atom stereocenters. The van der Waals surface area contributed by atoms with E-state index in [1.165, 1.54) is 0 Å². The molecule has 2 aromatic rings. The first-order valence-electron chi connectivity index (χ1n) is 7.73. The molecule has 0 aliphatic rings. The summed E-state index contributed by atoms with van der Waals surface area (Å²) >= 11 is 6.05. The van der Waals surface area contributed by atoms with E-state index in [4.69, 9.17) is 11.6 Å². The molecule has 0 saturated carbocycles. The normalized spacial score (nSPS) is 12.4. The SMILES string of the molecule is CCC(CO)NC(=O)c1cnn(-c2cccc(Cl)c2)c1C(C)C. The maximum Gasteiger partial charge on any atom is 0.255 e. The van der Waals surface area contributed by atoms with Crippen LogP contribution < -0.4 is 5.32 Å². The number of nitrogens with one attached hydrogen (secondary N) is 1. The van der Waals surface area contributed by atoms with E-state index in [1.807, 2.05) is 39.0 Å². The fraction of sp³-hybridized carbons (Fsp3) is 0.412. The lowest BCUT2D eigenvalue weighted by Gasteiger charge is -2.16. The van der Waals surface area contributed by atoms with Gasteiger partial charge in [0, 0.05) is 5.02 Å². The quantitative estimate of drug-likeness (QED) is 0.852. The molecule has 5 nitrogen and oxygen atoms in total. The summed E-state index contributed by atoms with van der Waals surface area (Å²) in [5.74, 6) is -0.116. The monoisotopic (exact) mass is 335 g/mol. The first-order valence-corrected chi connectivity index (χ1v) is 8.11. The Morgan fingerprint density at radius 3 is 2.74 bits per heavy atom. The molecule has 1 aromatic heterocycles. The van der Waals surface area contributed by atoms with Gasteiger partial charge < -0.3 is 10.4 Å². The highest BCUT2D eigenvalue weighted by Crippen LogP contribution is 2.24. The van der Waals surface area contributed by atoms with Gasteiger partial charge in [0.15, 0.2) is 0 Å². The average molecular weight is 336 g/mol. The number of nitrogens with zero attached hydrogens (tertiary/aromatic N) is 2. The average Bonchev–Trinajstić information content (AvgIpc) is 2.97. The van der Waals surface area contributed by atoms with Gasteiger partial charge in [0.25, 0.3) is 5.91 Å². The number of aliphatic hydroxyl groups excluding tert-OH is 1. The molecular formula is C17H22ClN3O2. The lowest BCUT2D eigenvalue weighted by Crippen LogP contribution is -2.37. The van der Waals surface area contributed by atoms with Crippen LogP contribution in [0.2, 0.25) is 5.02 Å². The van der Waals surface area contributed by atoms with Crippen LogP contribution in [0.25, 0.3) is 5.69 Å². The van der Waals surface area contributed by atoms with Gasteiger partial charge in [-0.05, 0) is 30.5 Å². The van der Waals surface area contributed by atoms with E-state index in [0.29, 0.717) is 17.0 Å². The summed E-state index contributed by atoms with van der Waals surface area (Å²) in [6.45, 7) is 5.86. The number of hydrogen-bond donors (Lipinski definition) is 2. The second kappa shape index (κ2) is 7.62. The highest BCUT2D eigenvalue weighted by Gasteiger charge is 2.22. The van der Waals surface area contributed by atoms with Gasteiger partial charge in [-0.1, -0.05) is 38.4 Å². The summed E-state index contributed by atoms with van der Waals surface area (Å²) < 4.78 is 1.74. The third-order valence-corrected chi connectivity index (χ3v) is 3.93. The standard InChI is InChI=1S/C17H22ClN3O2/c1-4-13(10-22)20-17(23)15-9-19-21(16(15)11(2)3)14-7-5-6-12(18)8-14/h5-9,11,13,22H,4,10H2,1-3H3,(H,20,23). The molecule has 6 heteroatoms. The van der Waals surface area contributed by atoms with E-state index in [9.17, 15) is 9.90 Å². The number of hydrogen-bond acceptors (Lipinski definition) is 3. The molecule has 124 valence electrons. The summed E-state index contributed by atoms with van der Waals surface area (Å²) in [5, 5.41) is 17.1. The van der Waals surface area contributed by atoms with Crippen molar-refractivity contribution in [3.8, 4) is 5.69 Å². The Morgan fingerprint density at radius 2 is 2.17 bits per heavy atom. The van der Waals surface area contributed by atoms with Gasteiger partial charge in [-0.2, -0.15) is 5.10 Å². The van der Waals surface area contributed by atoms with Crippen LogP contribution in [0.1, 0.15) is 49.2 Å². The van der Waals surface area contributed by atoms with Gasteiger partial charge in [-0.3, -0.25) is 4.79 Å². The minimum atomic E-state index is -0.253. The number of benzene rings is 1. The van der Waals surface area contributed by atoms with E-state index < -0.39 is 0 Å². The molecule has 0 radical (unpaired) electrons. The van der Waals surface area contributed by atoms with E-state index >= 15 is 0 Å². The van der Waals surface area contributed by atoms with Crippen molar-refractivity contribution >= 4 is 17.5 Å². The van der Waals surface area contributed by atoms with Crippen molar-refractivity contribution in [2.75, 3.05) is 6.61 Å². The summed E-state index contributed by atoms with van der Waals surface area (Å²) in [6, 6.07) is 7.10. The summed E-state index contributed by atoms with van der Waals surface area (Å²) in [6.07, 6.45) is 2.23. The van der Waals surface area contributed by atoms with Crippen LogP contribution in [-0.2, 0) is 0 Å². The maximum atomic E-state index is 12.5. The molecule has 0 saturated heterocycles. The van der Waals surface area contributed by atoms with Crippen LogP contribution in [0, 0.1) is 0 Å². The molecular weight excluding hydrogens is 314 g/mol. The number of amides is 1. The van der Waals surface area contributed by atoms with Gasteiger partial charge in [0.1, 0.15) is 0 Å². The van der Waals surface area contributed by atoms with E-state index in [-0.39, 0.29) is 24.5 Å². The van der Waals surface area contributed by atoms with Crippen molar-refractivity contribution in [2.24, 2.45) is 0 Å². The molecule has 0 spiro atoms. The lowest BCUT2D eigenvalue weighted by atomic mass is 10.0. The van der Waals surface area contributed by atoms with E-state index in [1.54, 1.807) is 16.9 Å². The molecule has 2 N–H and O–H groups in total. The zero-order valence-electron chi connectivity index (χ0n) is 13.6. The van der Waals surface area contributed by atoms with Gasteiger partial charge in [0.05, 0.1) is 35.8 Å². The van der Waals surface area contributed by atoms with Gasteiger partial charge in [-0.25, -0.2) is 4.68 Å². The summed E-state index contributed by atoms with van der Waals surface area (Å²) in [4.78, 5) is 12.5. The largest absolute Gasteiger partial charge is 0.394 e. The zero-order valence-corrected chi connectivity index (χ0v) is 14.3. The van der Waals surface area contributed by atoms with Gasteiger partial charge in [-0.15, -0.1) is 0 Å². The first-order chi connectivity index (χ1) is 11.0. The zero-order chi connectivity index (χ0) is 17.0. The van der Waals surface area contributed by atoms with Crippen molar-refractivity contribution < 1.29 is 9.90 Å². The number of aromatic nitrogens is 2. The van der Waals surface area contributed by atoms with E-state index in [2.05, 4.69) is 10.4 Å². The van der Waals surface area contributed by atoms with Crippen LogP contribution >= 0.6 is 11.6 Å². The van der Waals surface area contributed by atoms with E-state index in [0.717, 1.165) is 11.4 Å². The first kappa shape index (κ1) is 17.5. The van der Waals surface area contributed by atoms with Crippen LogP contribution in [0.3, 0.4) is 0 Å². The van der Waals surface area contributed by atoms with Crippen LogP contribution in [0.4, 0.5) is 0 Å². The van der Waals surface area contributed by atoms with Crippen LogP contribution in [0.5, 0.6) is 0 Å². The minimum absolute atomic E-state index is 0.0817. The number of carbonyl (C=O) groups is 1. The topological polar surface area (TPSA) is 67.2 Å². The number of carbonyl (C=O) groups excluding carboxylic acids is 1. The van der Waals surface area contributed by atoms with Crippen LogP contribution in [0.15, 0.2) is 30.5 Å². The van der Waals surface area contributed by atoms with Crippen molar-refractivity contribution in [1.82, 2.24) is 15.1 Å². The Hall–Kier alpha value is -1.85. The van der Waals surface area contributed by atoms with Crippen molar-refractivity contribution in [3.63, 3.8) is 0 Å². The molecule has 0 aliphatic heterocycles. The lowest BCUT2D eigenvalue weighted by molar-refractivity contribution is 0.0913. The third kappa shape index (κ3) is 3.92. The van der Waals surface area contributed by atoms with Crippen molar-refractivity contribution in [2.45, 2.75) is 39.2 Å².